The van der Waals surface area contributed by atoms with Gasteiger partial charge in [0.25, 0.3) is 0 Å². The number of ether oxygens (including phenoxy) is 1. The molecule has 1 aliphatic rings. The molecule has 0 radical (unpaired) electrons. The molecule has 0 fully saturated rings. The van der Waals surface area contributed by atoms with Gasteiger partial charge in [-0.15, -0.1) is 0 Å². The number of fused-ring (bicyclic) bond motifs is 3. The summed E-state index contributed by atoms with van der Waals surface area (Å²) in [5.41, 5.74) is 4.42. The second kappa shape index (κ2) is 10.9. The van der Waals surface area contributed by atoms with E-state index < -0.39 is 30.1 Å². The standard InChI is InChI=1S/C24H29N3O6/c1-27(2)13-20(22(29)25-12-11-21(28)23(30)31)26-24(32)33-14-19-17-9-5-3-7-15(17)16-8-4-6-10-18(16)19/h3-10,19-21,28H,11-14H2,1-2H3,(H,25,29)(H,26,32)(H,30,31)/t20?,21-/m0/s1. The number of carboxylic acid groups (broad SMARTS) is 1. The summed E-state index contributed by atoms with van der Waals surface area (Å²) in [6, 6.07) is 15.1. The van der Waals surface area contributed by atoms with Crippen molar-refractivity contribution in [3.05, 3.63) is 59.7 Å². The van der Waals surface area contributed by atoms with Crippen LogP contribution in [-0.2, 0) is 14.3 Å². The fraction of sp³-hybridized carbons (Fsp3) is 0.375. The predicted octanol–water partition coefficient (Wildman–Crippen LogP) is 1.41. The second-order valence-corrected chi connectivity index (χ2v) is 8.22. The Morgan fingerprint density at radius 3 is 2.15 bits per heavy atom. The molecular formula is C24H29N3O6. The number of carboxylic acids is 1. The highest BCUT2D eigenvalue weighted by atomic mass is 16.5. The summed E-state index contributed by atoms with van der Waals surface area (Å²) < 4.78 is 5.51. The van der Waals surface area contributed by atoms with Gasteiger partial charge in [-0.2, -0.15) is 0 Å². The normalized spacial score (nSPS) is 14.2. The maximum atomic E-state index is 12.5. The molecule has 0 aromatic heterocycles. The molecule has 2 amide bonds. The van der Waals surface area contributed by atoms with Gasteiger partial charge in [0.1, 0.15) is 12.6 Å². The van der Waals surface area contributed by atoms with Crippen LogP contribution in [0.25, 0.3) is 11.1 Å². The first kappa shape index (κ1) is 24.2. The Bertz CT molecular complexity index is 964. The lowest BCUT2D eigenvalue weighted by Crippen LogP contribution is -2.52. The minimum Gasteiger partial charge on any atom is -0.479 e. The molecule has 0 aliphatic heterocycles. The Labute approximate surface area is 192 Å². The van der Waals surface area contributed by atoms with Gasteiger partial charge < -0.3 is 30.5 Å². The molecule has 9 nitrogen and oxygen atoms in total. The second-order valence-electron chi connectivity index (χ2n) is 8.22. The Balaban J connectivity index is 1.59. The first-order valence-electron chi connectivity index (χ1n) is 10.7. The van der Waals surface area contributed by atoms with E-state index in [0.717, 1.165) is 22.3 Å². The summed E-state index contributed by atoms with van der Waals surface area (Å²) >= 11 is 0. The summed E-state index contributed by atoms with van der Waals surface area (Å²) in [6.45, 7) is 0.307. The first-order valence-corrected chi connectivity index (χ1v) is 10.7. The molecule has 0 saturated carbocycles. The average molecular weight is 456 g/mol. The highest BCUT2D eigenvalue weighted by molar-refractivity contribution is 5.86. The van der Waals surface area contributed by atoms with Gasteiger partial charge in [0.2, 0.25) is 5.91 Å². The molecule has 1 unspecified atom stereocenters. The van der Waals surface area contributed by atoms with Gasteiger partial charge in [0.05, 0.1) is 0 Å². The van der Waals surface area contributed by atoms with E-state index >= 15 is 0 Å². The van der Waals surface area contributed by atoms with E-state index in [9.17, 15) is 19.5 Å². The zero-order valence-corrected chi connectivity index (χ0v) is 18.7. The van der Waals surface area contributed by atoms with Crippen molar-refractivity contribution in [2.75, 3.05) is 33.8 Å². The molecule has 0 saturated heterocycles. The van der Waals surface area contributed by atoms with E-state index in [2.05, 4.69) is 10.6 Å². The van der Waals surface area contributed by atoms with Crippen molar-refractivity contribution in [3.63, 3.8) is 0 Å². The van der Waals surface area contributed by atoms with Crippen LogP contribution < -0.4 is 10.6 Å². The van der Waals surface area contributed by atoms with E-state index in [0.29, 0.717) is 0 Å². The smallest absolute Gasteiger partial charge is 0.407 e. The lowest BCUT2D eigenvalue weighted by atomic mass is 9.98. The van der Waals surface area contributed by atoms with Gasteiger partial charge in [0.15, 0.2) is 6.10 Å². The average Bonchev–Trinajstić information content (AvgIpc) is 3.10. The van der Waals surface area contributed by atoms with Gasteiger partial charge in [0, 0.05) is 25.4 Å². The number of hydrogen-bond acceptors (Lipinski definition) is 6. The van der Waals surface area contributed by atoms with Crippen LogP contribution in [0, 0.1) is 0 Å². The molecule has 4 N–H and O–H groups in total. The maximum Gasteiger partial charge on any atom is 0.407 e. The monoisotopic (exact) mass is 455 g/mol. The molecular weight excluding hydrogens is 426 g/mol. The number of carbonyl (C=O) groups excluding carboxylic acids is 2. The number of amides is 2. The minimum atomic E-state index is -1.56. The van der Waals surface area contributed by atoms with Gasteiger partial charge in [-0.25, -0.2) is 9.59 Å². The largest absolute Gasteiger partial charge is 0.479 e. The van der Waals surface area contributed by atoms with Crippen LogP contribution in [0.2, 0.25) is 0 Å². The Hall–Kier alpha value is -3.43. The number of nitrogens with one attached hydrogen (secondary N) is 2. The molecule has 3 rings (SSSR count). The van der Waals surface area contributed by atoms with Crippen molar-refractivity contribution >= 4 is 18.0 Å². The summed E-state index contributed by atoms with van der Waals surface area (Å²) in [7, 11) is 3.52. The highest BCUT2D eigenvalue weighted by Crippen LogP contribution is 2.44. The van der Waals surface area contributed by atoms with Crippen LogP contribution >= 0.6 is 0 Å². The number of hydrogen-bond donors (Lipinski definition) is 4. The Kier molecular flexibility index (Phi) is 8.02. The number of alkyl carbamates (subject to hydrolysis) is 1. The maximum absolute atomic E-state index is 12.5. The van der Waals surface area contributed by atoms with E-state index in [1.807, 2.05) is 48.5 Å². The summed E-state index contributed by atoms with van der Waals surface area (Å²) in [5.74, 6) is -1.94. The molecule has 176 valence electrons. The van der Waals surface area contributed by atoms with Crippen LogP contribution in [0.15, 0.2) is 48.5 Å². The van der Waals surface area contributed by atoms with Crippen LogP contribution in [-0.4, -0.2) is 79.0 Å². The van der Waals surface area contributed by atoms with Crippen LogP contribution in [0.5, 0.6) is 0 Å². The molecule has 0 spiro atoms. The lowest BCUT2D eigenvalue weighted by Gasteiger charge is -2.22. The number of carbonyl (C=O) groups is 3. The Morgan fingerprint density at radius 2 is 1.61 bits per heavy atom. The van der Waals surface area contributed by atoms with Gasteiger partial charge >= 0.3 is 12.1 Å². The molecule has 2 aromatic rings. The molecule has 9 heteroatoms. The SMILES string of the molecule is CN(C)CC(NC(=O)OCC1c2ccccc2-c2ccccc21)C(=O)NCC[C@H](O)C(=O)O. The Morgan fingerprint density at radius 1 is 1.03 bits per heavy atom. The summed E-state index contributed by atoms with van der Waals surface area (Å²) in [5, 5.41) is 23.2. The molecule has 0 heterocycles. The zero-order chi connectivity index (χ0) is 24.0. The summed E-state index contributed by atoms with van der Waals surface area (Å²) in [6.07, 6.45) is -2.42. The van der Waals surface area contributed by atoms with Crippen LogP contribution in [0.4, 0.5) is 4.79 Å². The van der Waals surface area contributed by atoms with Crippen LogP contribution in [0.3, 0.4) is 0 Å². The zero-order valence-electron chi connectivity index (χ0n) is 18.7. The number of rotatable bonds is 10. The van der Waals surface area contributed by atoms with Crippen molar-refractivity contribution in [2.24, 2.45) is 0 Å². The molecule has 33 heavy (non-hydrogen) atoms. The fourth-order valence-corrected chi connectivity index (χ4v) is 3.92. The van der Waals surface area contributed by atoms with E-state index in [4.69, 9.17) is 9.84 Å². The van der Waals surface area contributed by atoms with Crippen molar-refractivity contribution in [2.45, 2.75) is 24.5 Å². The predicted molar refractivity (Wildman–Crippen MR) is 122 cm³/mol. The topological polar surface area (TPSA) is 128 Å². The third-order valence-corrected chi connectivity index (χ3v) is 5.50. The quantitative estimate of drug-likeness (QED) is 0.426. The van der Waals surface area contributed by atoms with Crippen molar-refractivity contribution in [1.82, 2.24) is 15.5 Å². The van der Waals surface area contributed by atoms with E-state index in [1.54, 1.807) is 19.0 Å². The van der Waals surface area contributed by atoms with Crippen molar-refractivity contribution < 1.29 is 29.3 Å². The van der Waals surface area contributed by atoms with Crippen molar-refractivity contribution in [1.29, 1.82) is 0 Å². The minimum absolute atomic E-state index is 0.0391. The molecule has 2 atom stereocenters. The van der Waals surface area contributed by atoms with Crippen molar-refractivity contribution in [3.8, 4) is 11.1 Å². The number of aliphatic hydroxyl groups is 1. The van der Waals surface area contributed by atoms with E-state index in [-0.39, 0.29) is 32.0 Å². The third-order valence-electron chi connectivity index (χ3n) is 5.50. The molecule has 0 bridgehead atoms. The summed E-state index contributed by atoms with van der Waals surface area (Å²) in [4.78, 5) is 37.5. The molecule has 1 aliphatic carbocycles. The number of nitrogens with zero attached hydrogens (tertiary/aromatic N) is 1. The van der Waals surface area contributed by atoms with E-state index in [1.165, 1.54) is 0 Å². The van der Waals surface area contributed by atoms with Crippen LogP contribution in [0.1, 0.15) is 23.5 Å². The van der Waals surface area contributed by atoms with Gasteiger partial charge in [-0.05, 0) is 36.3 Å². The number of benzene rings is 2. The highest BCUT2D eigenvalue weighted by Gasteiger charge is 2.30. The first-order chi connectivity index (χ1) is 15.8. The number of likely N-dealkylation sites (N-methyl/N-ethyl adjacent to an activating group) is 1. The number of aliphatic hydroxyl groups excluding tert-OH is 1. The molecule has 2 aromatic carbocycles. The number of aliphatic carboxylic acids is 1. The van der Waals surface area contributed by atoms with Gasteiger partial charge in [-0.1, -0.05) is 48.5 Å². The van der Waals surface area contributed by atoms with Gasteiger partial charge in [-0.3, -0.25) is 4.79 Å². The third kappa shape index (κ3) is 6.09. The fourth-order valence-electron chi connectivity index (χ4n) is 3.92. The lowest BCUT2D eigenvalue weighted by molar-refractivity contribution is -0.147.